The van der Waals surface area contributed by atoms with Crippen molar-refractivity contribution < 1.29 is 14.3 Å². The fourth-order valence-corrected chi connectivity index (χ4v) is 3.82. The summed E-state index contributed by atoms with van der Waals surface area (Å²) in [4.78, 5) is 11.7. The molecule has 0 amide bonds. The Bertz CT molecular complexity index is 797. The molecule has 0 saturated heterocycles. The molecule has 0 fully saturated rings. The van der Waals surface area contributed by atoms with Crippen molar-refractivity contribution in [1.29, 1.82) is 0 Å². The maximum atomic E-state index is 11.7. The minimum absolute atomic E-state index is 0.0980. The van der Waals surface area contributed by atoms with Crippen molar-refractivity contribution in [3.8, 4) is 0 Å². The predicted octanol–water partition coefficient (Wildman–Crippen LogP) is 6.09. The highest BCUT2D eigenvalue weighted by molar-refractivity contribution is 6.35. The number of benzene rings is 2. The van der Waals surface area contributed by atoms with Gasteiger partial charge in [0.05, 0.1) is 6.61 Å². The van der Waals surface area contributed by atoms with Crippen LogP contribution in [-0.2, 0) is 9.47 Å². The predicted molar refractivity (Wildman–Crippen MR) is 99.9 cm³/mol. The molecule has 2 unspecified atom stereocenters. The van der Waals surface area contributed by atoms with E-state index >= 15 is 0 Å². The molecular formula is C18H16Cl3NO3. The van der Waals surface area contributed by atoms with Crippen molar-refractivity contribution in [3.63, 3.8) is 0 Å². The molecule has 0 saturated carbocycles. The molecule has 2 aromatic carbocycles. The van der Waals surface area contributed by atoms with E-state index in [1.807, 2.05) is 24.3 Å². The van der Waals surface area contributed by atoms with Gasteiger partial charge in [0.2, 0.25) is 0 Å². The SMILES string of the molecule is CCOC(=O)OC1CC(c2cccc(Cl)c2)c2c(Cl)cc(Cl)cc2N1. The molecule has 0 bridgehead atoms. The number of ether oxygens (including phenoxy) is 2. The van der Waals surface area contributed by atoms with Gasteiger partial charge in [-0.1, -0.05) is 46.9 Å². The number of nitrogens with one attached hydrogen (secondary N) is 1. The lowest BCUT2D eigenvalue weighted by Gasteiger charge is -2.33. The van der Waals surface area contributed by atoms with Crippen molar-refractivity contribution in [1.82, 2.24) is 0 Å². The van der Waals surface area contributed by atoms with Gasteiger partial charge in [-0.2, -0.15) is 0 Å². The Labute approximate surface area is 161 Å². The largest absolute Gasteiger partial charge is 0.510 e. The lowest BCUT2D eigenvalue weighted by molar-refractivity contribution is 0.0302. The molecule has 0 aliphatic carbocycles. The summed E-state index contributed by atoms with van der Waals surface area (Å²) in [6.07, 6.45) is -0.792. The Balaban J connectivity index is 1.99. The molecule has 1 aliphatic rings. The van der Waals surface area contributed by atoms with Gasteiger partial charge in [-0.05, 0) is 36.8 Å². The number of rotatable bonds is 3. The molecule has 1 heterocycles. The molecule has 25 heavy (non-hydrogen) atoms. The minimum Gasteiger partial charge on any atom is -0.435 e. The summed E-state index contributed by atoms with van der Waals surface area (Å²) in [5.74, 6) is -0.0980. The quantitative estimate of drug-likeness (QED) is 0.633. The van der Waals surface area contributed by atoms with E-state index in [1.54, 1.807) is 19.1 Å². The zero-order valence-electron chi connectivity index (χ0n) is 13.4. The van der Waals surface area contributed by atoms with Crippen LogP contribution in [0.5, 0.6) is 0 Å². The summed E-state index contributed by atoms with van der Waals surface area (Å²) in [7, 11) is 0. The van der Waals surface area contributed by atoms with E-state index in [1.165, 1.54) is 0 Å². The molecule has 132 valence electrons. The first kappa shape index (κ1) is 18.2. The van der Waals surface area contributed by atoms with Gasteiger partial charge in [0.1, 0.15) is 0 Å². The van der Waals surface area contributed by atoms with Gasteiger partial charge >= 0.3 is 6.16 Å². The number of fused-ring (bicyclic) bond motifs is 1. The van der Waals surface area contributed by atoms with Crippen molar-refractivity contribution in [3.05, 3.63) is 62.6 Å². The lowest BCUT2D eigenvalue weighted by Crippen LogP contribution is -2.33. The molecule has 7 heteroatoms. The Morgan fingerprint density at radius 3 is 2.72 bits per heavy atom. The maximum absolute atomic E-state index is 11.7. The summed E-state index contributed by atoms with van der Waals surface area (Å²) in [5, 5.41) is 4.84. The van der Waals surface area contributed by atoms with Gasteiger partial charge < -0.3 is 14.8 Å². The third kappa shape index (κ3) is 4.14. The fraction of sp³-hybridized carbons (Fsp3) is 0.278. The summed E-state index contributed by atoms with van der Waals surface area (Å²) in [6, 6.07) is 11.0. The van der Waals surface area contributed by atoms with Gasteiger partial charge in [-0.3, -0.25) is 0 Å². The topological polar surface area (TPSA) is 47.6 Å². The van der Waals surface area contributed by atoms with E-state index in [0.717, 1.165) is 16.8 Å². The molecule has 4 nitrogen and oxygen atoms in total. The number of hydrogen-bond donors (Lipinski definition) is 1. The normalized spacial score (nSPS) is 18.9. The second-order valence-corrected chi connectivity index (χ2v) is 6.91. The molecule has 1 N–H and O–H groups in total. The summed E-state index contributed by atoms with van der Waals surface area (Å²) in [6.45, 7) is 1.97. The standard InChI is InChI=1S/C18H16Cl3NO3/c1-2-24-18(23)25-16-9-13(10-4-3-5-11(19)6-10)17-14(21)7-12(20)8-15(17)22-16/h3-8,13,16,22H,2,9H2,1H3. The van der Waals surface area contributed by atoms with Crippen molar-refractivity contribution in [2.24, 2.45) is 0 Å². The first-order chi connectivity index (χ1) is 12.0. The lowest BCUT2D eigenvalue weighted by atomic mass is 9.84. The second kappa shape index (κ2) is 7.73. The fourth-order valence-electron chi connectivity index (χ4n) is 2.99. The highest BCUT2D eigenvalue weighted by Crippen LogP contribution is 2.44. The minimum atomic E-state index is -0.721. The number of hydrogen-bond acceptors (Lipinski definition) is 4. The van der Waals surface area contributed by atoms with Crippen LogP contribution in [-0.4, -0.2) is 19.0 Å². The van der Waals surface area contributed by atoms with Crippen molar-refractivity contribution >= 4 is 46.6 Å². The summed E-state index contributed by atoms with van der Waals surface area (Å²) >= 11 is 18.7. The van der Waals surface area contributed by atoms with E-state index in [4.69, 9.17) is 44.3 Å². The van der Waals surface area contributed by atoms with E-state index in [-0.39, 0.29) is 12.5 Å². The Morgan fingerprint density at radius 1 is 1.20 bits per heavy atom. The van der Waals surface area contributed by atoms with Crippen LogP contribution in [0.1, 0.15) is 30.4 Å². The third-order valence-corrected chi connectivity index (χ3v) is 4.73. The Hall–Kier alpha value is -1.62. The van der Waals surface area contributed by atoms with Crippen LogP contribution >= 0.6 is 34.8 Å². The number of anilines is 1. The first-order valence-corrected chi connectivity index (χ1v) is 8.95. The van der Waals surface area contributed by atoms with E-state index in [2.05, 4.69) is 5.32 Å². The molecule has 1 aliphatic heterocycles. The number of carbonyl (C=O) groups is 1. The summed E-state index contributed by atoms with van der Waals surface area (Å²) < 4.78 is 10.2. The maximum Gasteiger partial charge on any atom is 0.510 e. The van der Waals surface area contributed by atoms with Crippen LogP contribution in [0.4, 0.5) is 10.5 Å². The average Bonchev–Trinajstić information content (AvgIpc) is 2.53. The zero-order valence-corrected chi connectivity index (χ0v) is 15.7. The molecule has 2 atom stereocenters. The van der Waals surface area contributed by atoms with E-state index in [9.17, 15) is 4.79 Å². The summed E-state index contributed by atoms with van der Waals surface area (Å²) in [5.41, 5.74) is 2.61. The van der Waals surface area contributed by atoms with Crippen LogP contribution in [0.3, 0.4) is 0 Å². The first-order valence-electron chi connectivity index (χ1n) is 7.82. The van der Waals surface area contributed by atoms with Crippen molar-refractivity contribution in [2.75, 3.05) is 11.9 Å². The molecule has 3 rings (SSSR count). The number of halogens is 3. The van der Waals surface area contributed by atoms with Gasteiger partial charge in [0.25, 0.3) is 0 Å². The third-order valence-electron chi connectivity index (χ3n) is 3.96. The number of carbonyl (C=O) groups excluding carboxylic acids is 1. The monoisotopic (exact) mass is 399 g/mol. The second-order valence-electron chi connectivity index (χ2n) is 5.63. The van der Waals surface area contributed by atoms with E-state index < -0.39 is 12.4 Å². The van der Waals surface area contributed by atoms with Crippen molar-refractivity contribution in [2.45, 2.75) is 25.5 Å². The molecule has 0 spiro atoms. The molecule has 2 aromatic rings. The highest BCUT2D eigenvalue weighted by Gasteiger charge is 2.32. The van der Waals surface area contributed by atoms with Crippen LogP contribution in [0, 0.1) is 0 Å². The average molecular weight is 401 g/mol. The van der Waals surface area contributed by atoms with Crippen LogP contribution in [0.15, 0.2) is 36.4 Å². The van der Waals surface area contributed by atoms with E-state index in [0.29, 0.717) is 21.5 Å². The van der Waals surface area contributed by atoms with Gasteiger partial charge in [-0.25, -0.2) is 4.79 Å². The zero-order chi connectivity index (χ0) is 18.0. The molecular weight excluding hydrogens is 385 g/mol. The molecule has 0 aromatic heterocycles. The van der Waals surface area contributed by atoms with Gasteiger partial charge in [-0.15, -0.1) is 0 Å². The van der Waals surface area contributed by atoms with Gasteiger partial charge in [0, 0.05) is 38.7 Å². The van der Waals surface area contributed by atoms with Crippen LogP contribution in [0.2, 0.25) is 15.1 Å². The Kier molecular flexibility index (Phi) is 5.62. The molecule has 0 radical (unpaired) electrons. The van der Waals surface area contributed by atoms with Crippen LogP contribution in [0.25, 0.3) is 0 Å². The highest BCUT2D eigenvalue weighted by atomic mass is 35.5. The van der Waals surface area contributed by atoms with Crippen LogP contribution < -0.4 is 5.32 Å². The Morgan fingerprint density at radius 2 is 2.00 bits per heavy atom. The smallest absolute Gasteiger partial charge is 0.435 e. The van der Waals surface area contributed by atoms with Gasteiger partial charge in [0.15, 0.2) is 6.23 Å².